The van der Waals surface area contributed by atoms with Crippen molar-refractivity contribution >= 4 is 18.2 Å². The van der Waals surface area contributed by atoms with Crippen LogP contribution < -0.4 is 28.5 Å². The largest absolute Gasteiger partial charge is 0.490 e. The third-order valence-electron chi connectivity index (χ3n) is 10.4. The van der Waals surface area contributed by atoms with E-state index < -0.39 is 5.97 Å². The van der Waals surface area contributed by atoms with Crippen LogP contribution in [0.1, 0.15) is 47.2 Å². The summed E-state index contributed by atoms with van der Waals surface area (Å²) in [4.78, 5) is 54.7. The summed E-state index contributed by atoms with van der Waals surface area (Å²) in [5.74, 6) is 1.89. The summed E-state index contributed by atoms with van der Waals surface area (Å²) in [6.07, 6.45) is 10.4. The molecule has 0 bridgehead atoms. The van der Waals surface area contributed by atoms with Crippen molar-refractivity contribution in [1.29, 1.82) is 0 Å². The average molecular weight is 871 g/mol. The molecule has 0 radical (unpaired) electrons. The van der Waals surface area contributed by atoms with E-state index in [4.69, 9.17) is 33.6 Å². The number of hydrogen-bond acceptors (Lipinski definition) is 12. The van der Waals surface area contributed by atoms with Gasteiger partial charge in [-0.25, -0.2) is 24.4 Å². The topological polar surface area (TPSA) is 177 Å². The van der Waals surface area contributed by atoms with Crippen LogP contribution in [0, 0.1) is 0 Å². The number of benzene rings is 3. The van der Waals surface area contributed by atoms with E-state index >= 15 is 0 Å². The van der Waals surface area contributed by atoms with E-state index in [1.165, 1.54) is 17.0 Å². The molecule has 16 nitrogen and oxygen atoms in total. The molecule has 3 aromatic carbocycles. The number of pyridine rings is 2. The summed E-state index contributed by atoms with van der Waals surface area (Å²) in [5, 5.41) is 13.0. The van der Waals surface area contributed by atoms with Crippen LogP contribution in [0.25, 0.3) is 0 Å². The normalized spacial score (nSPS) is 14.1. The van der Waals surface area contributed by atoms with Gasteiger partial charge < -0.3 is 43.4 Å². The van der Waals surface area contributed by atoms with E-state index in [-0.39, 0.29) is 30.0 Å². The van der Waals surface area contributed by atoms with Crippen molar-refractivity contribution < 1.29 is 48.0 Å². The Bertz CT molecular complexity index is 2320. The van der Waals surface area contributed by atoms with E-state index in [0.717, 1.165) is 36.8 Å². The zero-order chi connectivity index (χ0) is 44.4. The number of likely N-dealkylation sites (tertiary alicyclic amines) is 2. The Morgan fingerprint density at radius 2 is 1.05 bits per heavy atom. The Morgan fingerprint density at radius 3 is 1.48 bits per heavy atom. The average Bonchev–Trinajstić information content (AvgIpc) is 3.85. The van der Waals surface area contributed by atoms with Crippen LogP contribution in [0.2, 0.25) is 0 Å². The monoisotopic (exact) mass is 870 g/mol. The van der Waals surface area contributed by atoms with Crippen LogP contribution in [0.5, 0.6) is 29.0 Å². The van der Waals surface area contributed by atoms with E-state index in [1.54, 1.807) is 58.9 Å². The highest BCUT2D eigenvalue weighted by molar-refractivity contribution is 5.87. The predicted molar refractivity (Wildman–Crippen MR) is 234 cm³/mol. The maximum Gasteiger partial charge on any atom is 0.415 e. The number of carbonyl (C=O) groups is 3. The summed E-state index contributed by atoms with van der Waals surface area (Å²) in [5.41, 5.74) is 2.39. The molecular weight excluding hydrogens is 821 g/mol. The molecule has 6 aromatic rings. The lowest BCUT2D eigenvalue weighted by Gasteiger charge is -2.31. The minimum absolute atomic E-state index is 0.0349. The first-order valence-corrected chi connectivity index (χ1v) is 21.2. The smallest absolute Gasteiger partial charge is 0.415 e. The number of nitrogens with zero attached hydrogens (tertiary/aromatic N) is 6. The third kappa shape index (κ3) is 14.0. The number of carboxylic acid groups (broad SMARTS) is 1. The van der Waals surface area contributed by atoms with Gasteiger partial charge in [-0.15, -0.1) is 9.94 Å². The van der Waals surface area contributed by atoms with Crippen molar-refractivity contribution in [3.8, 4) is 29.0 Å². The molecule has 2 aliphatic heterocycles. The number of carbonyl (C=O) groups excluding carboxylic acids is 2. The molecule has 5 heterocycles. The van der Waals surface area contributed by atoms with Crippen molar-refractivity contribution in [2.45, 2.75) is 50.7 Å². The highest BCUT2D eigenvalue weighted by Crippen LogP contribution is 2.22. The van der Waals surface area contributed by atoms with Crippen LogP contribution in [-0.4, -0.2) is 105 Å². The number of ether oxygens (including phenoxy) is 5. The number of aromatic carboxylic acids is 1. The maximum atomic E-state index is 12.5. The molecule has 0 atom stereocenters. The zero-order valence-corrected chi connectivity index (χ0v) is 35.2. The summed E-state index contributed by atoms with van der Waals surface area (Å²) < 4.78 is 28.2. The minimum Gasteiger partial charge on any atom is -0.490 e. The minimum atomic E-state index is -0.970. The van der Waals surface area contributed by atoms with E-state index in [9.17, 15) is 14.4 Å². The maximum absolute atomic E-state index is 12.5. The van der Waals surface area contributed by atoms with Gasteiger partial charge in [0, 0.05) is 89.2 Å². The standard InChI is InChI=1S/C26H26N2O6.C22H24N4O4/c29-25(30)20-6-10-21(11-7-20)33-23-12-16-28(17-13-23)26(31)34-22-8-4-19(5-9-22)14-18-32-24-3-1-2-15-27-24;27-22(25-15-9-20(10-16-25)30-26-14-3-13-24-26)29-19-7-5-18(6-8-19)11-17-28-21-4-1-2-12-23-21/h1-11,15,23H,12-14,16-18H2,(H,29,30);1-8,12-14,20H,9-11,15-17H2. The Kier molecular flexibility index (Phi) is 16.0. The summed E-state index contributed by atoms with van der Waals surface area (Å²) >= 11 is 0. The van der Waals surface area contributed by atoms with Gasteiger partial charge in [0.05, 0.1) is 31.2 Å². The van der Waals surface area contributed by atoms with Crippen LogP contribution in [0.3, 0.4) is 0 Å². The van der Waals surface area contributed by atoms with Crippen LogP contribution in [0.4, 0.5) is 9.59 Å². The van der Waals surface area contributed by atoms with Crippen LogP contribution >= 0.6 is 0 Å². The molecule has 64 heavy (non-hydrogen) atoms. The summed E-state index contributed by atoms with van der Waals surface area (Å²) in [7, 11) is 0. The molecule has 1 N–H and O–H groups in total. The first-order chi connectivity index (χ1) is 31.3. The van der Waals surface area contributed by atoms with Gasteiger partial charge in [-0.3, -0.25) is 0 Å². The van der Waals surface area contributed by atoms with Crippen molar-refractivity contribution in [2.75, 3.05) is 39.4 Å². The first kappa shape index (κ1) is 44.4. The third-order valence-corrected chi connectivity index (χ3v) is 10.4. The van der Waals surface area contributed by atoms with E-state index in [1.807, 2.05) is 78.9 Å². The summed E-state index contributed by atoms with van der Waals surface area (Å²) in [6.45, 7) is 3.28. The van der Waals surface area contributed by atoms with Gasteiger partial charge in [-0.1, -0.05) is 36.4 Å². The van der Waals surface area contributed by atoms with Crippen molar-refractivity contribution in [1.82, 2.24) is 29.7 Å². The highest BCUT2D eigenvalue weighted by Gasteiger charge is 2.27. The summed E-state index contributed by atoms with van der Waals surface area (Å²) in [6, 6.07) is 34.1. The molecule has 0 aliphatic carbocycles. The second-order valence-electron chi connectivity index (χ2n) is 14.9. The molecule has 2 fully saturated rings. The SMILES string of the molecule is O=C(O)c1ccc(OC2CCN(C(=O)Oc3ccc(CCOc4ccccn4)cc3)CC2)cc1.O=C(Oc1ccc(CCOc2ccccn2)cc1)N1CCC(On2cccn2)CC1. The van der Waals surface area contributed by atoms with Crippen molar-refractivity contribution in [3.05, 3.63) is 157 Å². The van der Waals surface area contributed by atoms with Gasteiger partial charge in [0.15, 0.2) is 0 Å². The van der Waals surface area contributed by atoms with Gasteiger partial charge in [-0.05, 0) is 77.9 Å². The second-order valence-corrected chi connectivity index (χ2v) is 14.9. The lowest BCUT2D eigenvalue weighted by molar-refractivity contribution is -0.0162. The first-order valence-electron chi connectivity index (χ1n) is 21.2. The Hall–Kier alpha value is -7.62. The van der Waals surface area contributed by atoms with Gasteiger partial charge >= 0.3 is 18.2 Å². The fraction of sp³-hybridized carbons (Fsp3) is 0.292. The predicted octanol–water partition coefficient (Wildman–Crippen LogP) is 7.44. The van der Waals surface area contributed by atoms with Gasteiger partial charge in [0.25, 0.3) is 0 Å². The molecule has 2 saturated heterocycles. The highest BCUT2D eigenvalue weighted by atomic mass is 16.7. The van der Waals surface area contributed by atoms with E-state index in [2.05, 4.69) is 15.1 Å². The molecule has 2 amide bonds. The molecule has 332 valence electrons. The molecule has 2 aliphatic rings. The molecule has 3 aromatic heterocycles. The number of piperidine rings is 2. The van der Waals surface area contributed by atoms with Gasteiger partial charge in [0.2, 0.25) is 11.8 Å². The molecule has 0 unspecified atom stereocenters. The fourth-order valence-corrected chi connectivity index (χ4v) is 6.83. The molecule has 0 saturated carbocycles. The number of hydrogen-bond donors (Lipinski definition) is 1. The number of rotatable bonds is 15. The van der Waals surface area contributed by atoms with Gasteiger partial charge in [-0.2, -0.15) is 0 Å². The molecular formula is C48H50N6O10. The second kappa shape index (κ2) is 23.0. The number of aromatic nitrogens is 4. The quantitative estimate of drug-likeness (QED) is 0.108. The van der Waals surface area contributed by atoms with Crippen molar-refractivity contribution in [2.24, 2.45) is 0 Å². The molecule has 8 rings (SSSR count). The van der Waals surface area contributed by atoms with Gasteiger partial charge in [0.1, 0.15) is 29.5 Å². The van der Waals surface area contributed by atoms with Crippen LogP contribution in [-0.2, 0) is 12.8 Å². The molecule has 0 spiro atoms. The Morgan fingerprint density at radius 1 is 0.562 bits per heavy atom. The van der Waals surface area contributed by atoms with E-state index in [0.29, 0.717) is 81.2 Å². The number of carboxylic acids is 1. The van der Waals surface area contributed by atoms with Crippen molar-refractivity contribution in [3.63, 3.8) is 0 Å². The molecule has 16 heteroatoms. The Labute approximate surface area is 370 Å². The zero-order valence-electron chi connectivity index (χ0n) is 35.2. The number of amides is 2. The lowest BCUT2D eigenvalue weighted by atomic mass is 10.1. The Balaban J connectivity index is 0.000000193. The fourth-order valence-electron chi connectivity index (χ4n) is 6.83. The lowest BCUT2D eigenvalue weighted by Crippen LogP contribution is -2.44. The van der Waals surface area contributed by atoms with Crippen LogP contribution in [0.15, 0.2) is 140 Å².